The Morgan fingerprint density at radius 3 is 2.08 bits per heavy atom. The van der Waals surface area contributed by atoms with Crippen LogP contribution in [0.2, 0.25) is 0 Å². The van der Waals surface area contributed by atoms with Crippen LogP contribution in [0.1, 0.15) is 47.3 Å². The Hall–Kier alpha value is -2.34. The molecule has 2 aromatic rings. The molecule has 0 aliphatic carbocycles. The Balaban J connectivity index is 2.24. The number of hydrogen-bond donors (Lipinski definition) is 2. The second-order valence-electron chi connectivity index (χ2n) is 6.69. The zero-order valence-corrected chi connectivity index (χ0v) is 16.7. The van der Waals surface area contributed by atoms with E-state index in [1.54, 1.807) is 0 Å². The number of amides is 1. The van der Waals surface area contributed by atoms with Crippen LogP contribution in [0.4, 0.5) is 5.69 Å². The highest BCUT2D eigenvalue weighted by Gasteiger charge is 2.18. The van der Waals surface area contributed by atoms with Crippen LogP contribution >= 0.6 is 0 Å². The Kier molecular flexibility index (Phi) is 6.08. The maximum Gasteiger partial charge on any atom is 0.261 e. The molecule has 0 aliphatic heterocycles. The molecule has 0 saturated carbocycles. The summed E-state index contributed by atoms with van der Waals surface area (Å²) < 4.78 is 28.0. The molecule has 5 nitrogen and oxygen atoms in total. The lowest BCUT2D eigenvalue weighted by atomic mass is 10.1. The first-order valence-electron chi connectivity index (χ1n) is 8.65. The number of benzene rings is 2. The summed E-state index contributed by atoms with van der Waals surface area (Å²) in [6, 6.07) is 9.90. The van der Waals surface area contributed by atoms with Gasteiger partial charge in [-0.2, -0.15) is 0 Å². The maximum absolute atomic E-state index is 12.7. The fourth-order valence-electron chi connectivity index (χ4n) is 2.73. The van der Waals surface area contributed by atoms with Crippen molar-refractivity contribution in [1.82, 2.24) is 5.32 Å². The number of carbonyl (C=O) groups excluding carboxylic acids is 1. The summed E-state index contributed by atoms with van der Waals surface area (Å²) in [7, 11) is -3.72. The molecule has 1 atom stereocenters. The van der Waals surface area contributed by atoms with E-state index in [0.717, 1.165) is 23.1 Å². The number of nitrogens with one attached hydrogen (secondary N) is 2. The fraction of sp³-hybridized carbons (Fsp3) is 0.350. The van der Waals surface area contributed by atoms with Crippen molar-refractivity contribution in [3.8, 4) is 0 Å². The van der Waals surface area contributed by atoms with Gasteiger partial charge in [0.25, 0.3) is 15.9 Å². The van der Waals surface area contributed by atoms with Crippen LogP contribution in [-0.4, -0.2) is 20.4 Å². The van der Waals surface area contributed by atoms with E-state index in [-0.39, 0.29) is 16.8 Å². The fourth-order valence-corrected chi connectivity index (χ4v) is 3.93. The lowest BCUT2D eigenvalue weighted by Gasteiger charge is -2.15. The molecule has 0 bridgehead atoms. The van der Waals surface area contributed by atoms with Gasteiger partial charge in [-0.05, 0) is 69.5 Å². The third kappa shape index (κ3) is 4.64. The number of rotatable bonds is 6. The first-order chi connectivity index (χ1) is 12.1. The van der Waals surface area contributed by atoms with Gasteiger partial charge in [-0.15, -0.1) is 0 Å². The van der Waals surface area contributed by atoms with Gasteiger partial charge in [0, 0.05) is 11.6 Å². The lowest BCUT2D eigenvalue weighted by molar-refractivity contribution is 0.0939. The molecule has 6 heteroatoms. The van der Waals surface area contributed by atoms with Crippen molar-refractivity contribution in [2.75, 3.05) is 4.72 Å². The first-order valence-corrected chi connectivity index (χ1v) is 10.1. The first kappa shape index (κ1) is 20.0. The highest BCUT2D eigenvalue weighted by Crippen LogP contribution is 2.25. The molecular formula is C20H26N2O3S. The molecule has 2 aromatic carbocycles. The summed E-state index contributed by atoms with van der Waals surface area (Å²) in [5.41, 5.74) is 3.85. The quantitative estimate of drug-likeness (QED) is 0.804. The predicted molar refractivity (Wildman–Crippen MR) is 105 cm³/mol. The van der Waals surface area contributed by atoms with E-state index >= 15 is 0 Å². The topological polar surface area (TPSA) is 75.3 Å². The minimum absolute atomic E-state index is 0.0695. The van der Waals surface area contributed by atoms with Gasteiger partial charge in [0.15, 0.2) is 0 Å². The zero-order valence-electron chi connectivity index (χ0n) is 15.9. The van der Waals surface area contributed by atoms with Crippen LogP contribution in [0.15, 0.2) is 41.3 Å². The van der Waals surface area contributed by atoms with Gasteiger partial charge in [-0.3, -0.25) is 9.52 Å². The normalized spacial score (nSPS) is 12.5. The largest absolute Gasteiger partial charge is 0.350 e. The van der Waals surface area contributed by atoms with Gasteiger partial charge in [-0.1, -0.05) is 24.6 Å². The van der Waals surface area contributed by atoms with Crippen molar-refractivity contribution in [2.45, 2.75) is 52.0 Å². The van der Waals surface area contributed by atoms with E-state index in [0.29, 0.717) is 11.3 Å². The average molecular weight is 375 g/mol. The van der Waals surface area contributed by atoms with E-state index in [2.05, 4.69) is 10.0 Å². The van der Waals surface area contributed by atoms with E-state index in [1.807, 2.05) is 46.8 Å². The van der Waals surface area contributed by atoms with Gasteiger partial charge in [-0.25, -0.2) is 8.42 Å². The van der Waals surface area contributed by atoms with Crippen molar-refractivity contribution >= 4 is 21.6 Å². The van der Waals surface area contributed by atoms with Gasteiger partial charge in [0.1, 0.15) is 0 Å². The number of carbonyl (C=O) groups is 1. The lowest BCUT2D eigenvalue weighted by Crippen LogP contribution is -2.31. The molecule has 0 aliphatic rings. The Morgan fingerprint density at radius 2 is 1.58 bits per heavy atom. The molecule has 0 fully saturated rings. The molecule has 0 saturated heterocycles. The Morgan fingerprint density at radius 1 is 1.04 bits per heavy atom. The Bertz CT molecular complexity index is 880. The molecule has 2 rings (SSSR count). The van der Waals surface area contributed by atoms with Gasteiger partial charge in [0.2, 0.25) is 0 Å². The standard InChI is InChI=1S/C20H26N2O3S/c1-6-16(5)21-20(23)17-7-9-18(10-8-17)26(24,25)22-19-14(3)11-13(2)12-15(19)4/h7-12,16,22H,6H2,1-5H3,(H,21,23). The third-order valence-corrected chi connectivity index (χ3v) is 5.70. The SMILES string of the molecule is CCC(C)NC(=O)c1ccc(S(=O)(=O)Nc2c(C)cc(C)cc2C)cc1. The second kappa shape index (κ2) is 7.91. The summed E-state index contributed by atoms with van der Waals surface area (Å²) in [6.45, 7) is 9.63. The smallest absolute Gasteiger partial charge is 0.261 e. The molecule has 1 amide bonds. The summed E-state index contributed by atoms with van der Waals surface area (Å²) >= 11 is 0. The molecule has 1 unspecified atom stereocenters. The molecular weight excluding hydrogens is 348 g/mol. The van der Waals surface area contributed by atoms with Crippen molar-refractivity contribution in [3.05, 3.63) is 58.7 Å². The molecule has 0 radical (unpaired) electrons. The number of anilines is 1. The minimum Gasteiger partial charge on any atom is -0.350 e. The van der Waals surface area contributed by atoms with Crippen LogP contribution in [0.3, 0.4) is 0 Å². The number of hydrogen-bond acceptors (Lipinski definition) is 3. The molecule has 140 valence electrons. The highest BCUT2D eigenvalue weighted by atomic mass is 32.2. The predicted octanol–water partition coefficient (Wildman–Crippen LogP) is 3.94. The van der Waals surface area contributed by atoms with Gasteiger partial charge >= 0.3 is 0 Å². The summed E-state index contributed by atoms with van der Waals surface area (Å²) in [6.07, 6.45) is 0.831. The average Bonchev–Trinajstić information content (AvgIpc) is 2.58. The van der Waals surface area contributed by atoms with Crippen molar-refractivity contribution in [1.29, 1.82) is 0 Å². The number of aryl methyl sites for hydroxylation is 3. The highest BCUT2D eigenvalue weighted by molar-refractivity contribution is 7.92. The van der Waals surface area contributed by atoms with Crippen LogP contribution in [0, 0.1) is 20.8 Å². The van der Waals surface area contributed by atoms with Gasteiger partial charge in [0.05, 0.1) is 10.6 Å². The summed E-state index contributed by atoms with van der Waals surface area (Å²) in [5, 5.41) is 2.86. The second-order valence-corrected chi connectivity index (χ2v) is 8.37. The zero-order chi connectivity index (χ0) is 19.5. The van der Waals surface area contributed by atoms with Crippen LogP contribution in [0.5, 0.6) is 0 Å². The van der Waals surface area contributed by atoms with Crippen molar-refractivity contribution in [3.63, 3.8) is 0 Å². The van der Waals surface area contributed by atoms with Crippen LogP contribution in [-0.2, 0) is 10.0 Å². The van der Waals surface area contributed by atoms with Crippen molar-refractivity contribution < 1.29 is 13.2 Å². The monoisotopic (exact) mass is 374 g/mol. The van der Waals surface area contributed by atoms with E-state index in [4.69, 9.17) is 0 Å². The molecule has 0 aromatic heterocycles. The summed E-state index contributed by atoms with van der Waals surface area (Å²) in [5.74, 6) is -0.207. The molecule has 0 heterocycles. The maximum atomic E-state index is 12.7. The van der Waals surface area contributed by atoms with Gasteiger partial charge < -0.3 is 5.32 Å². The number of sulfonamides is 1. The third-order valence-electron chi connectivity index (χ3n) is 4.33. The van der Waals surface area contributed by atoms with E-state index in [9.17, 15) is 13.2 Å². The van der Waals surface area contributed by atoms with Crippen LogP contribution < -0.4 is 10.0 Å². The molecule has 2 N–H and O–H groups in total. The van der Waals surface area contributed by atoms with Crippen LogP contribution in [0.25, 0.3) is 0 Å². The minimum atomic E-state index is -3.72. The molecule has 0 spiro atoms. The van der Waals surface area contributed by atoms with E-state index < -0.39 is 10.0 Å². The van der Waals surface area contributed by atoms with Crippen molar-refractivity contribution in [2.24, 2.45) is 0 Å². The van der Waals surface area contributed by atoms with E-state index in [1.165, 1.54) is 24.3 Å². The summed E-state index contributed by atoms with van der Waals surface area (Å²) in [4.78, 5) is 12.2. The molecule has 26 heavy (non-hydrogen) atoms. The Labute approximate surface area is 155 Å².